The van der Waals surface area contributed by atoms with Gasteiger partial charge < -0.3 is 10.2 Å². The van der Waals surface area contributed by atoms with Gasteiger partial charge in [0.2, 0.25) is 11.8 Å². The maximum Gasteiger partial charge on any atom is 0.264 e. The number of benzene rings is 4. The van der Waals surface area contributed by atoms with E-state index in [1.54, 1.807) is 43.3 Å². The largest absolute Gasteiger partial charge is 0.352 e. The van der Waals surface area contributed by atoms with Crippen LogP contribution in [0.4, 0.5) is 5.69 Å². The Bertz CT molecular complexity index is 1700. The number of anilines is 1. The van der Waals surface area contributed by atoms with Crippen molar-refractivity contribution in [3.8, 4) is 0 Å². The van der Waals surface area contributed by atoms with E-state index in [0.717, 1.165) is 21.0 Å². The smallest absolute Gasteiger partial charge is 0.264 e. The van der Waals surface area contributed by atoms with Crippen molar-refractivity contribution in [3.05, 3.63) is 130 Å². The molecule has 4 rings (SSSR count). The van der Waals surface area contributed by atoms with Crippen LogP contribution in [0.15, 0.2) is 108 Å². The van der Waals surface area contributed by atoms with E-state index in [9.17, 15) is 18.0 Å². The molecule has 0 saturated heterocycles. The van der Waals surface area contributed by atoms with Crippen LogP contribution in [0.25, 0.3) is 0 Å². The van der Waals surface area contributed by atoms with Gasteiger partial charge in [0.1, 0.15) is 12.6 Å². The Balaban J connectivity index is 1.83. The number of hydrogen-bond donors (Lipinski definition) is 1. The number of aryl methyl sites for hydroxylation is 2. The van der Waals surface area contributed by atoms with E-state index in [2.05, 4.69) is 5.32 Å². The first kappa shape index (κ1) is 33.7. The van der Waals surface area contributed by atoms with Gasteiger partial charge in [-0.05, 0) is 68.1 Å². The summed E-state index contributed by atoms with van der Waals surface area (Å²) in [5, 5.41) is 3.39. The molecule has 0 fully saturated rings. The highest BCUT2D eigenvalue weighted by atomic mass is 35.5. The molecule has 0 aliphatic heterocycles. The number of carbonyl (C=O) groups excluding carboxylic acids is 2. The number of sulfonamides is 1. The first-order valence-electron chi connectivity index (χ1n) is 15.0. The Morgan fingerprint density at radius 1 is 0.844 bits per heavy atom. The fourth-order valence-electron chi connectivity index (χ4n) is 4.97. The van der Waals surface area contributed by atoms with Crippen LogP contribution in [0.1, 0.15) is 42.5 Å². The van der Waals surface area contributed by atoms with E-state index < -0.39 is 28.5 Å². The van der Waals surface area contributed by atoms with Crippen molar-refractivity contribution >= 4 is 39.1 Å². The van der Waals surface area contributed by atoms with Crippen molar-refractivity contribution in [2.45, 2.75) is 64.1 Å². The average molecular weight is 646 g/mol. The lowest BCUT2D eigenvalue weighted by Crippen LogP contribution is -2.54. The Morgan fingerprint density at radius 2 is 1.47 bits per heavy atom. The predicted molar refractivity (Wildman–Crippen MR) is 181 cm³/mol. The van der Waals surface area contributed by atoms with Crippen LogP contribution >= 0.6 is 11.6 Å². The molecule has 4 aromatic rings. The molecule has 4 aromatic carbocycles. The Morgan fingerprint density at radius 3 is 2.09 bits per heavy atom. The van der Waals surface area contributed by atoms with E-state index in [0.29, 0.717) is 22.7 Å². The molecule has 7 nitrogen and oxygen atoms in total. The van der Waals surface area contributed by atoms with E-state index in [1.807, 2.05) is 75.4 Å². The summed E-state index contributed by atoms with van der Waals surface area (Å²) in [4.78, 5) is 30.0. The zero-order valence-electron chi connectivity index (χ0n) is 26.1. The number of carbonyl (C=O) groups is 2. The fraction of sp³-hybridized carbons (Fsp3) is 0.278. The average Bonchev–Trinajstić information content (AvgIpc) is 3.04. The number of nitrogens with zero attached hydrogens (tertiary/aromatic N) is 2. The summed E-state index contributed by atoms with van der Waals surface area (Å²) in [6.45, 7) is 7.21. The quantitative estimate of drug-likeness (QED) is 0.175. The summed E-state index contributed by atoms with van der Waals surface area (Å²) in [6, 6.07) is 29.2. The second kappa shape index (κ2) is 15.2. The van der Waals surface area contributed by atoms with Crippen LogP contribution in [-0.4, -0.2) is 43.8 Å². The third-order valence-electron chi connectivity index (χ3n) is 7.80. The molecule has 0 aromatic heterocycles. The van der Waals surface area contributed by atoms with Gasteiger partial charge in [-0.25, -0.2) is 8.42 Å². The zero-order chi connectivity index (χ0) is 32.6. The molecule has 0 bridgehead atoms. The lowest BCUT2D eigenvalue weighted by Gasteiger charge is -2.34. The maximum absolute atomic E-state index is 14.6. The first-order chi connectivity index (χ1) is 21.5. The molecule has 0 heterocycles. The van der Waals surface area contributed by atoms with Crippen LogP contribution in [-0.2, 0) is 32.6 Å². The Hall–Kier alpha value is -4.14. The number of rotatable bonds is 13. The molecule has 0 aliphatic rings. The van der Waals surface area contributed by atoms with Crippen molar-refractivity contribution in [3.63, 3.8) is 0 Å². The van der Waals surface area contributed by atoms with Crippen LogP contribution in [0.5, 0.6) is 0 Å². The number of halogens is 1. The first-order valence-corrected chi connectivity index (χ1v) is 16.8. The molecule has 0 spiro atoms. The van der Waals surface area contributed by atoms with Gasteiger partial charge in [0, 0.05) is 24.0 Å². The van der Waals surface area contributed by atoms with Crippen LogP contribution in [0, 0.1) is 13.8 Å². The highest BCUT2D eigenvalue weighted by Gasteiger charge is 2.35. The summed E-state index contributed by atoms with van der Waals surface area (Å²) in [6.07, 6.45) is 0.967. The second-order valence-electron chi connectivity index (χ2n) is 11.3. The summed E-state index contributed by atoms with van der Waals surface area (Å²) in [5.74, 6) is -0.820. The lowest BCUT2D eigenvalue weighted by molar-refractivity contribution is -0.140. The highest BCUT2D eigenvalue weighted by Crippen LogP contribution is 2.30. The summed E-state index contributed by atoms with van der Waals surface area (Å²) in [5.41, 5.74) is 3.68. The third kappa shape index (κ3) is 8.74. The van der Waals surface area contributed by atoms with E-state index in [-0.39, 0.29) is 29.8 Å². The molecule has 1 N–H and O–H groups in total. The molecule has 2 atom stereocenters. The molecule has 0 aliphatic carbocycles. The van der Waals surface area contributed by atoms with Crippen LogP contribution in [0.2, 0.25) is 5.02 Å². The number of nitrogens with one attached hydrogen (secondary N) is 1. The molecular formula is C36H40ClN3O4S. The third-order valence-corrected chi connectivity index (χ3v) is 9.80. The van der Waals surface area contributed by atoms with Gasteiger partial charge in [-0.1, -0.05) is 103 Å². The molecule has 0 radical (unpaired) electrons. The summed E-state index contributed by atoms with van der Waals surface area (Å²) < 4.78 is 29.4. The van der Waals surface area contributed by atoms with Crippen molar-refractivity contribution < 1.29 is 18.0 Å². The minimum atomic E-state index is -4.20. The van der Waals surface area contributed by atoms with Crippen molar-refractivity contribution in [2.24, 2.45) is 0 Å². The van der Waals surface area contributed by atoms with E-state index in [1.165, 1.54) is 17.0 Å². The zero-order valence-corrected chi connectivity index (χ0v) is 27.7. The number of hydrogen-bond acceptors (Lipinski definition) is 4. The van der Waals surface area contributed by atoms with Crippen molar-refractivity contribution in [2.75, 3.05) is 10.8 Å². The lowest BCUT2D eigenvalue weighted by atomic mass is 10.0. The van der Waals surface area contributed by atoms with E-state index in [4.69, 9.17) is 11.6 Å². The number of amides is 2. The topological polar surface area (TPSA) is 86.8 Å². The predicted octanol–water partition coefficient (Wildman–Crippen LogP) is 6.71. The maximum atomic E-state index is 14.6. The van der Waals surface area contributed by atoms with Crippen molar-refractivity contribution in [1.82, 2.24) is 10.2 Å². The van der Waals surface area contributed by atoms with Gasteiger partial charge in [-0.15, -0.1) is 0 Å². The molecule has 0 unspecified atom stereocenters. The minimum Gasteiger partial charge on any atom is -0.352 e. The van der Waals surface area contributed by atoms with Gasteiger partial charge in [0.15, 0.2) is 0 Å². The van der Waals surface area contributed by atoms with Gasteiger partial charge in [0.25, 0.3) is 10.0 Å². The summed E-state index contributed by atoms with van der Waals surface area (Å²) >= 11 is 6.35. The van der Waals surface area contributed by atoms with Gasteiger partial charge in [-0.3, -0.25) is 13.9 Å². The molecule has 2 amide bonds. The normalized spacial score (nSPS) is 12.6. The molecule has 9 heteroatoms. The van der Waals surface area contributed by atoms with Gasteiger partial charge in [0.05, 0.1) is 10.6 Å². The minimum absolute atomic E-state index is 0.0395. The fourth-order valence-corrected chi connectivity index (χ4v) is 6.63. The molecule has 0 saturated carbocycles. The highest BCUT2D eigenvalue weighted by molar-refractivity contribution is 7.92. The standard InChI is InChI=1S/C36H40ClN3O4S/c1-5-28(4)38-36(42)34(22-29-12-8-6-9-13-29)39(24-30-19-16-26(2)17-20-30)35(41)25-40(33-23-31(37)21-18-27(33)3)45(43,44)32-14-10-7-11-15-32/h6-21,23,28,34H,5,22,24-25H2,1-4H3,(H,38,42)/t28-,34+/m0/s1. The van der Waals surface area contributed by atoms with Gasteiger partial charge >= 0.3 is 0 Å². The van der Waals surface area contributed by atoms with Crippen LogP contribution in [0.3, 0.4) is 0 Å². The SMILES string of the molecule is CC[C@H](C)NC(=O)[C@@H](Cc1ccccc1)N(Cc1ccc(C)cc1)C(=O)CN(c1cc(Cl)ccc1C)S(=O)(=O)c1ccccc1. The van der Waals surface area contributed by atoms with Crippen LogP contribution < -0.4 is 9.62 Å². The van der Waals surface area contributed by atoms with Gasteiger partial charge in [-0.2, -0.15) is 0 Å². The molecular weight excluding hydrogens is 606 g/mol. The Kier molecular flexibility index (Phi) is 11.4. The Labute approximate surface area is 271 Å². The molecule has 45 heavy (non-hydrogen) atoms. The second-order valence-corrected chi connectivity index (χ2v) is 13.6. The molecule has 236 valence electrons. The van der Waals surface area contributed by atoms with Crippen molar-refractivity contribution in [1.29, 1.82) is 0 Å². The summed E-state index contributed by atoms with van der Waals surface area (Å²) in [7, 11) is -4.20. The van der Waals surface area contributed by atoms with E-state index >= 15 is 0 Å². The monoisotopic (exact) mass is 645 g/mol.